The van der Waals surface area contributed by atoms with Crippen molar-refractivity contribution in [2.45, 2.75) is 33.7 Å². The van der Waals surface area contributed by atoms with E-state index in [1.54, 1.807) is 4.68 Å². The lowest BCUT2D eigenvalue weighted by atomic mass is 10.4. The maximum absolute atomic E-state index is 11.5. The first-order valence-corrected chi connectivity index (χ1v) is 5.52. The minimum atomic E-state index is 0.00991. The minimum absolute atomic E-state index is 0.00991. The van der Waals surface area contributed by atoms with Crippen molar-refractivity contribution in [3.05, 3.63) is 29.6 Å². The van der Waals surface area contributed by atoms with Crippen LogP contribution >= 0.6 is 0 Å². The summed E-state index contributed by atoms with van der Waals surface area (Å²) in [4.78, 5) is 11.5. The summed E-state index contributed by atoms with van der Waals surface area (Å²) in [5.41, 5.74) is 1.96. The molecule has 0 bridgehead atoms. The van der Waals surface area contributed by atoms with Crippen LogP contribution in [0.1, 0.15) is 24.7 Å². The normalized spacial score (nSPS) is 10.9. The first-order valence-electron chi connectivity index (χ1n) is 5.52. The molecule has 0 atom stereocenters. The monoisotopic (exact) mass is 221 g/mol. The van der Waals surface area contributed by atoms with Crippen LogP contribution in [-0.2, 0) is 11.3 Å². The summed E-state index contributed by atoms with van der Waals surface area (Å²) in [7, 11) is 0. The molecule has 0 aliphatic rings. The Balaban J connectivity index is 2.37. The number of nitrogens with one attached hydrogen (secondary N) is 1. The molecule has 1 N–H and O–H groups in total. The molecular formula is C12H19N3O. The van der Waals surface area contributed by atoms with Gasteiger partial charge in [-0.05, 0) is 33.3 Å². The minimum Gasteiger partial charge on any atom is -0.354 e. The average molecular weight is 221 g/mol. The average Bonchev–Trinajstić information content (AvgIpc) is 2.52. The Morgan fingerprint density at radius 1 is 1.56 bits per heavy atom. The van der Waals surface area contributed by atoms with Crippen LogP contribution in [0.4, 0.5) is 0 Å². The highest BCUT2D eigenvalue weighted by molar-refractivity contribution is 5.75. The molecule has 4 nitrogen and oxygen atoms in total. The lowest BCUT2D eigenvalue weighted by Gasteiger charge is -2.05. The van der Waals surface area contributed by atoms with Gasteiger partial charge >= 0.3 is 0 Å². The van der Waals surface area contributed by atoms with Crippen LogP contribution < -0.4 is 5.32 Å². The molecule has 0 aromatic carbocycles. The molecular weight excluding hydrogens is 202 g/mol. The van der Waals surface area contributed by atoms with Gasteiger partial charge in [-0.2, -0.15) is 5.10 Å². The Bertz CT molecular complexity index is 380. The molecule has 4 heteroatoms. The van der Waals surface area contributed by atoms with E-state index in [0.717, 1.165) is 17.8 Å². The molecule has 0 spiro atoms. The fraction of sp³-hybridized carbons (Fsp3) is 0.500. The van der Waals surface area contributed by atoms with Crippen molar-refractivity contribution in [3.63, 3.8) is 0 Å². The van der Waals surface area contributed by atoms with E-state index in [9.17, 15) is 4.79 Å². The van der Waals surface area contributed by atoms with Crippen molar-refractivity contribution in [3.8, 4) is 0 Å². The zero-order valence-electron chi connectivity index (χ0n) is 10.2. The van der Waals surface area contributed by atoms with Crippen LogP contribution in [0, 0.1) is 13.8 Å². The summed E-state index contributed by atoms with van der Waals surface area (Å²) >= 11 is 0. The van der Waals surface area contributed by atoms with Gasteiger partial charge in [-0.3, -0.25) is 9.48 Å². The third-order valence-corrected chi connectivity index (χ3v) is 2.27. The van der Waals surface area contributed by atoms with Gasteiger partial charge in [0, 0.05) is 12.2 Å². The number of amides is 1. The summed E-state index contributed by atoms with van der Waals surface area (Å²) in [5.74, 6) is 0.00991. The largest absolute Gasteiger partial charge is 0.354 e. The predicted molar refractivity (Wildman–Crippen MR) is 64.1 cm³/mol. The Morgan fingerprint density at radius 3 is 2.88 bits per heavy atom. The van der Waals surface area contributed by atoms with Crippen LogP contribution in [0.2, 0.25) is 0 Å². The fourth-order valence-corrected chi connectivity index (χ4v) is 1.49. The molecule has 1 heterocycles. The summed E-state index contributed by atoms with van der Waals surface area (Å²) in [5, 5.41) is 7.09. The Hall–Kier alpha value is -1.58. The highest BCUT2D eigenvalue weighted by Gasteiger charge is 2.05. The molecule has 88 valence electrons. The van der Waals surface area contributed by atoms with Gasteiger partial charge in [0.2, 0.25) is 5.91 Å². The third kappa shape index (κ3) is 3.88. The van der Waals surface area contributed by atoms with Crippen molar-refractivity contribution in [2.75, 3.05) is 6.54 Å². The molecule has 0 saturated carbocycles. The van der Waals surface area contributed by atoms with Gasteiger partial charge in [0.1, 0.15) is 6.54 Å². The lowest BCUT2D eigenvalue weighted by Crippen LogP contribution is -2.29. The molecule has 0 unspecified atom stereocenters. The number of hydrogen-bond acceptors (Lipinski definition) is 2. The van der Waals surface area contributed by atoms with Gasteiger partial charge < -0.3 is 5.32 Å². The predicted octanol–water partition coefficient (Wildman–Crippen LogP) is 1.58. The number of carbonyl (C=O) groups is 1. The quantitative estimate of drug-likeness (QED) is 0.606. The van der Waals surface area contributed by atoms with E-state index in [1.165, 1.54) is 0 Å². The molecule has 0 aliphatic heterocycles. The highest BCUT2D eigenvalue weighted by atomic mass is 16.2. The number of carbonyl (C=O) groups excluding carboxylic acids is 1. The standard InChI is InChI=1S/C12H19N3O/c1-4-5-6-7-13-12(16)9-15-11(3)8-10(2)14-15/h4-5,8H,6-7,9H2,1-3H3,(H,13,16)/b5-4+. The Kier molecular flexibility index (Phi) is 4.76. The number of hydrogen-bond donors (Lipinski definition) is 1. The molecule has 0 aliphatic carbocycles. The molecule has 0 saturated heterocycles. The highest BCUT2D eigenvalue weighted by Crippen LogP contribution is 2.00. The summed E-state index contributed by atoms with van der Waals surface area (Å²) in [6.45, 7) is 6.83. The molecule has 16 heavy (non-hydrogen) atoms. The fourth-order valence-electron chi connectivity index (χ4n) is 1.49. The van der Waals surface area contributed by atoms with Gasteiger partial charge in [-0.25, -0.2) is 0 Å². The molecule has 0 radical (unpaired) electrons. The van der Waals surface area contributed by atoms with Crippen molar-refractivity contribution < 1.29 is 4.79 Å². The van der Waals surface area contributed by atoms with Gasteiger partial charge in [0.15, 0.2) is 0 Å². The van der Waals surface area contributed by atoms with Crippen molar-refractivity contribution in [1.29, 1.82) is 0 Å². The second-order valence-electron chi connectivity index (χ2n) is 3.79. The van der Waals surface area contributed by atoms with Gasteiger partial charge in [0.05, 0.1) is 5.69 Å². The van der Waals surface area contributed by atoms with Crippen molar-refractivity contribution in [1.82, 2.24) is 15.1 Å². The summed E-state index contributed by atoms with van der Waals surface area (Å²) in [6.07, 6.45) is 4.89. The van der Waals surface area contributed by atoms with Crippen molar-refractivity contribution in [2.24, 2.45) is 0 Å². The van der Waals surface area contributed by atoms with Crippen LogP contribution in [-0.4, -0.2) is 22.2 Å². The number of allylic oxidation sites excluding steroid dienone is 1. The number of aromatic nitrogens is 2. The number of rotatable bonds is 5. The molecule has 1 amide bonds. The van der Waals surface area contributed by atoms with Crippen LogP contribution in [0.25, 0.3) is 0 Å². The van der Waals surface area contributed by atoms with E-state index in [1.807, 2.05) is 39.0 Å². The lowest BCUT2D eigenvalue weighted by molar-refractivity contribution is -0.121. The Morgan fingerprint density at radius 2 is 2.31 bits per heavy atom. The summed E-state index contributed by atoms with van der Waals surface area (Å²) < 4.78 is 1.72. The Labute approximate surface area is 96.3 Å². The third-order valence-electron chi connectivity index (χ3n) is 2.27. The van der Waals surface area contributed by atoms with Gasteiger partial charge in [-0.15, -0.1) is 0 Å². The zero-order chi connectivity index (χ0) is 12.0. The first-order chi connectivity index (χ1) is 7.63. The van der Waals surface area contributed by atoms with E-state index in [2.05, 4.69) is 10.4 Å². The number of aryl methyl sites for hydroxylation is 2. The molecule has 0 fully saturated rings. The second-order valence-corrected chi connectivity index (χ2v) is 3.79. The molecule has 1 aromatic rings. The van der Waals surface area contributed by atoms with Crippen molar-refractivity contribution >= 4 is 5.91 Å². The number of nitrogens with zero attached hydrogens (tertiary/aromatic N) is 2. The molecule has 1 rings (SSSR count). The maximum Gasteiger partial charge on any atom is 0.241 e. The van der Waals surface area contributed by atoms with Gasteiger partial charge in [0.25, 0.3) is 0 Å². The summed E-state index contributed by atoms with van der Waals surface area (Å²) in [6, 6.07) is 1.97. The van der Waals surface area contributed by atoms with E-state index in [0.29, 0.717) is 13.1 Å². The maximum atomic E-state index is 11.5. The van der Waals surface area contributed by atoms with E-state index < -0.39 is 0 Å². The topological polar surface area (TPSA) is 46.9 Å². The van der Waals surface area contributed by atoms with Crippen LogP contribution in [0.3, 0.4) is 0 Å². The zero-order valence-corrected chi connectivity index (χ0v) is 10.2. The van der Waals surface area contributed by atoms with Crippen LogP contribution in [0.15, 0.2) is 18.2 Å². The van der Waals surface area contributed by atoms with E-state index >= 15 is 0 Å². The first kappa shape index (κ1) is 12.5. The molecule has 1 aromatic heterocycles. The smallest absolute Gasteiger partial charge is 0.241 e. The van der Waals surface area contributed by atoms with Gasteiger partial charge in [-0.1, -0.05) is 12.2 Å². The van der Waals surface area contributed by atoms with E-state index in [-0.39, 0.29) is 5.91 Å². The van der Waals surface area contributed by atoms with E-state index in [4.69, 9.17) is 0 Å². The van der Waals surface area contributed by atoms with Crippen LogP contribution in [0.5, 0.6) is 0 Å². The SMILES string of the molecule is C/C=C/CCNC(=O)Cn1nc(C)cc1C. The second kappa shape index (κ2) is 6.10.